The molecule has 1 unspecified atom stereocenters. The summed E-state index contributed by atoms with van der Waals surface area (Å²) in [7, 11) is 2.32. The standard InChI is InChI=1S/C24H22O5/c1-5-16-23(2,27)17-12-19-24(21(25)28-3,22(26)29-4)18-11-7-10-15-20-13-8-6-9-14-20/h6,8-9,13-14,27H,18-19H2,1-4H3. The molecule has 29 heavy (non-hydrogen) atoms. The van der Waals surface area contributed by atoms with Crippen molar-refractivity contribution in [2.24, 2.45) is 5.41 Å². The van der Waals surface area contributed by atoms with E-state index in [4.69, 9.17) is 9.47 Å². The van der Waals surface area contributed by atoms with Gasteiger partial charge in [-0.2, -0.15) is 0 Å². The van der Waals surface area contributed by atoms with E-state index in [2.05, 4.69) is 47.4 Å². The van der Waals surface area contributed by atoms with Crippen molar-refractivity contribution in [2.75, 3.05) is 14.2 Å². The Kier molecular flexibility index (Phi) is 9.08. The number of benzene rings is 1. The van der Waals surface area contributed by atoms with Gasteiger partial charge in [-0.15, -0.1) is 5.92 Å². The van der Waals surface area contributed by atoms with E-state index in [0.717, 1.165) is 19.8 Å². The molecule has 0 radical (unpaired) electrons. The summed E-state index contributed by atoms with van der Waals surface area (Å²) < 4.78 is 9.59. The summed E-state index contributed by atoms with van der Waals surface area (Å²) in [5.41, 5.74) is -2.54. The molecule has 0 aromatic heterocycles. The lowest BCUT2D eigenvalue weighted by atomic mass is 9.81. The summed E-state index contributed by atoms with van der Waals surface area (Å²) in [4.78, 5) is 24.8. The molecule has 1 aromatic carbocycles. The normalized spacial score (nSPS) is 11.3. The third kappa shape index (κ3) is 7.12. The molecule has 0 heterocycles. The molecule has 0 bridgehead atoms. The summed E-state index contributed by atoms with van der Waals surface area (Å²) in [6, 6.07) is 9.26. The van der Waals surface area contributed by atoms with E-state index < -0.39 is 23.0 Å². The molecule has 148 valence electrons. The maximum absolute atomic E-state index is 12.4. The van der Waals surface area contributed by atoms with E-state index in [1.54, 1.807) is 6.92 Å². The summed E-state index contributed by atoms with van der Waals surface area (Å²) in [5.74, 6) is 19.5. The molecule has 0 amide bonds. The van der Waals surface area contributed by atoms with Crippen LogP contribution in [0.25, 0.3) is 0 Å². The van der Waals surface area contributed by atoms with Crippen LogP contribution in [0.4, 0.5) is 0 Å². The zero-order valence-corrected chi connectivity index (χ0v) is 16.9. The lowest BCUT2D eigenvalue weighted by molar-refractivity contribution is -0.168. The van der Waals surface area contributed by atoms with Crippen LogP contribution in [0, 0.1) is 52.8 Å². The third-order valence-corrected chi connectivity index (χ3v) is 3.76. The summed E-state index contributed by atoms with van der Waals surface area (Å²) in [5, 5.41) is 10.0. The van der Waals surface area contributed by atoms with Gasteiger partial charge in [0.2, 0.25) is 0 Å². The first-order valence-corrected chi connectivity index (χ1v) is 8.68. The van der Waals surface area contributed by atoms with Gasteiger partial charge < -0.3 is 14.6 Å². The average molecular weight is 390 g/mol. The lowest BCUT2D eigenvalue weighted by Crippen LogP contribution is -2.41. The first-order chi connectivity index (χ1) is 13.8. The van der Waals surface area contributed by atoms with Crippen molar-refractivity contribution in [3.8, 4) is 47.4 Å². The van der Waals surface area contributed by atoms with Gasteiger partial charge in [-0.05, 0) is 37.8 Å². The quantitative estimate of drug-likeness (QED) is 0.483. The second-order valence-corrected chi connectivity index (χ2v) is 6.09. The second kappa shape index (κ2) is 11.3. The maximum Gasteiger partial charge on any atom is 0.325 e. The molecule has 0 aliphatic carbocycles. The van der Waals surface area contributed by atoms with Crippen molar-refractivity contribution in [1.82, 2.24) is 0 Å². The van der Waals surface area contributed by atoms with Gasteiger partial charge in [0, 0.05) is 18.4 Å². The van der Waals surface area contributed by atoms with Crippen molar-refractivity contribution >= 4 is 11.9 Å². The van der Waals surface area contributed by atoms with Gasteiger partial charge in [-0.1, -0.05) is 47.8 Å². The second-order valence-electron chi connectivity index (χ2n) is 6.09. The molecule has 0 saturated carbocycles. The molecule has 0 spiro atoms. The molecule has 1 atom stereocenters. The largest absolute Gasteiger partial charge is 0.468 e. The van der Waals surface area contributed by atoms with Crippen LogP contribution in [0.5, 0.6) is 0 Å². The van der Waals surface area contributed by atoms with Crippen LogP contribution in [-0.2, 0) is 19.1 Å². The van der Waals surface area contributed by atoms with Gasteiger partial charge in [0.25, 0.3) is 0 Å². The van der Waals surface area contributed by atoms with Crippen molar-refractivity contribution in [3.05, 3.63) is 35.9 Å². The predicted octanol–water partition coefficient (Wildman–Crippen LogP) is 1.93. The van der Waals surface area contributed by atoms with Crippen molar-refractivity contribution in [1.29, 1.82) is 0 Å². The summed E-state index contributed by atoms with van der Waals surface area (Å²) >= 11 is 0. The van der Waals surface area contributed by atoms with E-state index >= 15 is 0 Å². The number of aliphatic hydroxyl groups is 1. The Morgan fingerprint density at radius 2 is 1.55 bits per heavy atom. The van der Waals surface area contributed by atoms with E-state index in [-0.39, 0.29) is 12.8 Å². The van der Waals surface area contributed by atoms with Crippen LogP contribution in [0.15, 0.2) is 30.3 Å². The minimum atomic E-state index is -1.76. The zero-order valence-electron chi connectivity index (χ0n) is 16.9. The maximum atomic E-state index is 12.4. The first-order valence-electron chi connectivity index (χ1n) is 8.68. The van der Waals surface area contributed by atoms with Gasteiger partial charge in [0.15, 0.2) is 11.0 Å². The molecule has 1 N–H and O–H groups in total. The minimum Gasteiger partial charge on any atom is -0.468 e. The topological polar surface area (TPSA) is 72.8 Å². The number of hydrogen-bond acceptors (Lipinski definition) is 5. The van der Waals surface area contributed by atoms with Crippen molar-refractivity contribution in [3.63, 3.8) is 0 Å². The average Bonchev–Trinajstić information content (AvgIpc) is 2.71. The highest BCUT2D eigenvalue weighted by molar-refractivity contribution is 6.00. The number of carbonyl (C=O) groups is 2. The van der Waals surface area contributed by atoms with Crippen LogP contribution in [0.2, 0.25) is 0 Å². The highest BCUT2D eigenvalue weighted by atomic mass is 16.5. The highest BCUT2D eigenvalue weighted by Crippen LogP contribution is 2.29. The van der Waals surface area contributed by atoms with E-state index in [9.17, 15) is 14.7 Å². The van der Waals surface area contributed by atoms with E-state index in [1.165, 1.54) is 6.92 Å². The fourth-order valence-corrected chi connectivity index (χ4v) is 2.33. The molecule has 5 nitrogen and oxygen atoms in total. The Morgan fingerprint density at radius 1 is 0.966 bits per heavy atom. The fourth-order valence-electron chi connectivity index (χ4n) is 2.33. The van der Waals surface area contributed by atoms with Crippen molar-refractivity contribution in [2.45, 2.75) is 32.3 Å². The molecule has 0 saturated heterocycles. The van der Waals surface area contributed by atoms with Crippen LogP contribution in [-0.4, -0.2) is 36.9 Å². The van der Waals surface area contributed by atoms with Gasteiger partial charge in [0.05, 0.1) is 14.2 Å². The number of hydrogen-bond donors (Lipinski definition) is 1. The predicted molar refractivity (Wildman–Crippen MR) is 109 cm³/mol. The van der Waals surface area contributed by atoms with Gasteiger partial charge in [-0.3, -0.25) is 9.59 Å². The third-order valence-electron chi connectivity index (χ3n) is 3.76. The SMILES string of the molecule is CC#CC(C)(O)C#CCC(CC#CC#Cc1ccccc1)(C(=O)OC)C(=O)OC. The molecule has 1 aromatic rings. The molecule has 0 aliphatic rings. The van der Waals surface area contributed by atoms with E-state index in [1.807, 2.05) is 30.3 Å². The van der Waals surface area contributed by atoms with Crippen LogP contribution >= 0.6 is 0 Å². The van der Waals surface area contributed by atoms with Crippen LogP contribution < -0.4 is 0 Å². The monoisotopic (exact) mass is 390 g/mol. The first kappa shape index (κ1) is 23.4. The molecule has 1 rings (SSSR count). The van der Waals surface area contributed by atoms with Gasteiger partial charge >= 0.3 is 11.9 Å². The zero-order chi connectivity index (χ0) is 21.8. The number of rotatable bonds is 4. The Labute approximate surface area is 171 Å². The Balaban J connectivity index is 3.17. The lowest BCUT2D eigenvalue weighted by Gasteiger charge is -2.24. The number of ether oxygens (including phenoxy) is 2. The van der Waals surface area contributed by atoms with Crippen LogP contribution in [0.3, 0.4) is 0 Å². The minimum absolute atomic E-state index is 0.202. The Morgan fingerprint density at radius 3 is 2.10 bits per heavy atom. The van der Waals surface area contributed by atoms with Crippen molar-refractivity contribution < 1.29 is 24.2 Å². The van der Waals surface area contributed by atoms with Gasteiger partial charge in [-0.25, -0.2) is 0 Å². The van der Waals surface area contributed by atoms with Gasteiger partial charge in [0.1, 0.15) is 0 Å². The molecular weight excluding hydrogens is 368 g/mol. The number of carbonyl (C=O) groups excluding carboxylic acids is 2. The fraction of sp³-hybridized carbons (Fsp3) is 0.333. The Hall–Kier alpha value is -3.64. The Bertz CT molecular complexity index is 958. The van der Waals surface area contributed by atoms with Crippen LogP contribution in [0.1, 0.15) is 32.3 Å². The smallest absolute Gasteiger partial charge is 0.325 e. The molecule has 0 fully saturated rings. The molecule has 0 aliphatic heterocycles. The van der Waals surface area contributed by atoms with E-state index in [0.29, 0.717) is 0 Å². The molecular formula is C24H22O5. The summed E-state index contributed by atoms with van der Waals surface area (Å²) in [6.45, 7) is 2.98. The molecule has 5 heteroatoms. The summed E-state index contributed by atoms with van der Waals surface area (Å²) in [6.07, 6.45) is -0.458. The highest BCUT2D eigenvalue weighted by Gasteiger charge is 2.47. The number of methoxy groups -OCH3 is 2. The number of esters is 2.